The average molecular weight is 234 g/mol. The van der Waals surface area contributed by atoms with Crippen molar-refractivity contribution in [2.24, 2.45) is 0 Å². The largest absolute Gasteiger partial charge is 0.384 e. The fourth-order valence-corrected chi connectivity index (χ4v) is 1.56. The van der Waals surface area contributed by atoms with Crippen molar-refractivity contribution in [1.29, 1.82) is 0 Å². The first kappa shape index (κ1) is 13.6. The Labute approximate surface area is 104 Å². The van der Waals surface area contributed by atoms with Crippen LogP contribution in [0.4, 0.5) is 5.69 Å². The average Bonchev–Trinajstić information content (AvgIpc) is 2.18. The van der Waals surface area contributed by atoms with E-state index in [9.17, 15) is 4.79 Å². The number of carbonyl (C=O) groups is 1. The number of nitrogens with one attached hydrogen (secondary N) is 2. The third-order valence-corrected chi connectivity index (χ3v) is 2.33. The van der Waals surface area contributed by atoms with Gasteiger partial charge in [0.2, 0.25) is 5.91 Å². The van der Waals surface area contributed by atoms with Crippen LogP contribution in [0, 0.1) is 6.92 Å². The number of aryl methyl sites for hydroxylation is 1. The van der Waals surface area contributed by atoms with E-state index >= 15 is 0 Å². The molecule has 1 rings (SSSR count). The zero-order chi connectivity index (χ0) is 12.9. The Morgan fingerprint density at radius 1 is 1.24 bits per heavy atom. The number of para-hydroxylation sites is 1. The van der Waals surface area contributed by atoms with Crippen LogP contribution in [-0.2, 0) is 4.79 Å². The van der Waals surface area contributed by atoms with Gasteiger partial charge in [-0.05, 0) is 39.3 Å². The lowest BCUT2D eigenvalue weighted by Crippen LogP contribution is -2.41. The van der Waals surface area contributed by atoms with E-state index in [4.69, 9.17) is 0 Å². The summed E-state index contributed by atoms with van der Waals surface area (Å²) in [5, 5.41) is 6.21. The van der Waals surface area contributed by atoms with Gasteiger partial charge in [-0.1, -0.05) is 18.2 Å². The molecule has 2 N–H and O–H groups in total. The van der Waals surface area contributed by atoms with E-state index < -0.39 is 0 Å². The lowest BCUT2D eigenvalue weighted by Gasteiger charge is -2.20. The Hall–Kier alpha value is -1.51. The SMILES string of the molecule is Cc1ccccc1NCCC(=O)NC(C)(C)C. The minimum Gasteiger partial charge on any atom is -0.384 e. The third-order valence-electron chi connectivity index (χ3n) is 2.33. The molecular formula is C14H22N2O. The maximum absolute atomic E-state index is 11.6. The van der Waals surface area contributed by atoms with Crippen molar-refractivity contribution in [2.45, 2.75) is 39.7 Å². The number of amides is 1. The zero-order valence-electron chi connectivity index (χ0n) is 11.1. The Bertz CT molecular complexity index is 380. The normalized spacial score (nSPS) is 11.1. The molecule has 3 nitrogen and oxygen atoms in total. The van der Waals surface area contributed by atoms with Crippen LogP contribution in [0.2, 0.25) is 0 Å². The minimum atomic E-state index is -0.153. The van der Waals surface area contributed by atoms with Crippen molar-refractivity contribution >= 4 is 11.6 Å². The van der Waals surface area contributed by atoms with E-state index in [1.165, 1.54) is 5.56 Å². The third kappa shape index (κ3) is 5.38. The summed E-state index contributed by atoms with van der Waals surface area (Å²) >= 11 is 0. The number of rotatable bonds is 4. The van der Waals surface area contributed by atoms with Crippen molar-refractivity contribution in [3.05, 3.63) is 29.8 Å². The summed E-state index contributed by atoms with van der Waals surface area (Å²) in [5.74, 6) is 0.0820. The fraction of sp³-hybridized carbons (Fsp3) is 0.500. The Balaban J connectivity index is 2.34. The molecule has 0 saturated carbocycles. The quantitative estimate of drug-likeness (QED) is 0.841. The van der Waals surface area contributed by atoms with Crippen molar-refractivity contribution in [1.82, 2.24) is 5.32 Å². The summed E-state index contributed by atoms with van der Waals surface area (Å²) in [6, 6.07) is 8.08. The van der Waals surface area contributed by atoms with E-state index in [-0.39, 0.29) is 11.4 Å². The summed E-state index contributed by atoms with van der Waals surface area (Å²) < 4.78 is 0. The summed E-state index contributed by atoms with van der Waals surface area (Å²) in [5.41, 5.74) is 2.14. The predicted molar refractivity (Wildman–Crippen MR) is 72.2 cm³/mol. The van der Waals surface area contributed by atoms with Crippen molar-refractivity contribution < 1.29 is 4.79 Å². The van der Waals surface area contributed by atoms with Crippen molar-refractivity contribution in [3.8, 4) is 0 Å². The number of hydrogen-bond acceptors (Lipinski definition) is 2. The maximum Gasteiger partial charge on any atom is 0.222 e. The van der Waals surface area contributed by atoms with E-state index in [0.717, 1.165) is 5.69 Å². The topological polar surface area (TPSA) is 41.1 Å². The zero-order valence-corrected chi connectivity index (χ0v) is 11.1. The van der Waals surface area contributed by atoms with Gasteiger partial charge >= 0.3 is 0 Å². The Kier molecular flexibility index (Phi) is 4.55. The highest BCUT2D eigenvalue weighted by Gasteiger charge is 2.12. The first-order valence-electron chi connectivity index (χ1n) is 5.99. The van der Waals surface area contributed by atoms with Crippen LogP contribution in [0.3, 0.4) is 0 Å². The van der Waals surface area contributed by atoms with Gasteiger partial charge in [-0.3, -0.25) is 4.79 Å². The molecule has 1 aromatic rings. The minimum absolute atomic E-state index is 0.0820. The molecule has 0 aliphatic carbocycles. The van der Waals surface area contributed by atoms with Gasteiger partial charge in [-0.2, -0.15) is 0 Å². The second-order valence-corrected chi connectivity index (χ2v) is 5.29. The molecule has 0 aliphatic heterocycles. The highest BCUT2D eigenvalue weighted by molar-refractivity contribution is 5.77. The van der Waals surface area contributed by atoms with E-state index in [0.29, 0.717) is 13.0 Å². The molecule has 0 aromatic heterocycles. The number of benzene rings is 1. The van der Waals surface area contributed by atoms with Gasteiger partial charge in [0.15, 0.2) is 0 Å². The van der Waals surface area contributed by atoms with E-state index in [1.54, 1.807) is 0 Å². The Morgan fingerprint density at radius 2 is 1.88 bits per heavy atom. The van der Waals surface area contributed by atoms with Gasteiger partial charge < -0.3 is 10.6 Å². The summed E-state index contributed by atoms with van der Waals surface area (Å²) in [4.78, 5) is 11.6. The van der Waals surface area contributed by atoms with Crippen LogP contribution in [0.5, 0.6) is 0 Å². The molecule has 0 heterocycles. The molecule has 17 heavy (non-hydrogen) atoms. The number of carbonyl (C=O) groups excluding carboxylic acids is 1. The van der Waals surface area contributed by atoms with E-state index in [2.05, 4.69) is 23.6 Å². The highest BCUT2D eigenvalue weighted by Crippen LogP contribution is 2.12. The molecule has 0 fully saturated rings. The van der Waals surface area contributed by atoms with Gasteiger partial charge in [0, 0.05) is 24.2 Å². The second kappa shape index (κ2) is 5.71. The first-order chi connectivity index (χ1) is 7.88. The van der Waals surface area contributed by atoms with Gasteiger partial charge in [-0.25, -0.2) is 0 Å². The number of hydrogen-bond donors (Lipinski definition) is 2. The van der Waals surface area contributed by atoms with Crippen LogP contribution < -0.4 is 10.6 Å². The molecule has 3 heteroatoms. The molecular weight excluding hydrogens is 212 g/mol. The second-order valence-electron chi connectivity index (χ2n) is 5.29. The molecule has 94 valence electrons. The molecule has 1 aromatic carbocycles. The molecule has 0 spiro atoms. The first-order valence-corrected chi connectivity index (χ1v) is 5.99. The van der Waals surface area contributed by atoms with Gasteiger partial charge in [0.1, 0.15) is 0 Å². The van der Waals surface area contributed by atoms with Gasteiger partial charge in [0.25, 0.3) is 0 Å². The summed E-state index contributed by atoms with van der Waals surface area (Å²) in [6.07, 6.45) is 0.492. The van der Waals surface area contributed by atoms with Crippen LogP contribution in [0.15, 0.2) is 24.3 Å². The summed E-state index contributed by atoms with van der Waals surface area (Å²) in [6.45, 7) is 8.67. The lowest BCUT2D eigenvalue weighted by molar-refractivity contribution is -0.122. The molecule has 0 radical (unpaired) electrons. The predicted octanol–water partition coefficient (Wildman–Crippen LogP) is 2.71. The molecule has 1 amide bonds. The van der Waals surface area contributed by atoms with Gasteiger partial charge in [0.05, 0.1) is 0 Å². The van der Waals surface area contributed by atoms with Gasteiger partial charge in [-0.15, -0.1) is 0 Å². The van der Waals surface area contributed by atoms with Crippen LogP contribution in [0.25, 0.3) is 0 Å². The van der Waals surface area contributed by atoms with Crippen LogP contribution >= 0.6 is 0 Å². The van der Waals surface area contributed by atoms with E-state index in [1.807, 2.05) is 39.0 Å². The molecule has 0 atom stereocenters. The molecule has 0 bridgehead atoms. The standard InChI is InChI=1S/C14H22N2O/c1-11-7-5-6-8-12(11)15-10-9-13(17)16-14(2,3)4/h5-8,15H,9-10H2,1-4H3,(H,16,17). The monoisotopic (exact) mass is 234 g/mol. The Morgan fingerprint density at radius 3 is 2.47 bits per heavy atom. The molecule has 0 aliphatic rings. The van der Waals surface area contributed by atoms with Crippen molar-refractivity contribution in [2.75, 3.05) is 11.9 Å². The van der Waals surface area contributed by atoms with Crippen LogP contribution in [0.1, 0.15) is 32.8 Å². The maximum atomic E-state index is 11.6. The smallest absolute Gasteiger partial charge is 0.222 e. The molecule has 0 unspecified atom stereocenters. The van der Waals surface area contributed by atoms with Crippen LogP contribution in [-0.4, -0.2) is 18.0 Å². The fourth-order valence-electron chi connectivity index (χ4n) is 1.56. The highest BCUT2D eigenvalue weighted by atomic mass is 16.1. The number of anilines is 1. The van der Waals surface area contributed by atoms with Crippen molar-refractivity contribution in [3.63, 3.8) is 0 Å². The lowest BCUT2D eigenvalue weighted by atomic mass is 10.1. The molecule has 0 saturated heterocycles. The summed E-state index contributed by atoms with van der Waals surface area (Å²) in [7, 11) is 0.